The standard InChI is InChI=1S/C29H49BrO2/c1-19(2)8-7-9-20(3)24-10-11-25-23-13-17-29(30)18-22(32-21(4)31)12-16-28(29,6)26(23)14-15-27(24,25)5/h19-20,22-26H,7-18H2,1-6H3/t20-,22?,23+,24?,25?,26?,27-,28-,29-/m1/s1. The number of ether oxygens (including phenoxy) is 1. The lowest BCUT2D eigenvalue weighted by Gasteiger charge is -2.64. The molecule has 0 spiro atoms. The number of fused-ring (bicyclic) bond motifs is 5. The zero-order valence-electron chi connectivity index (χ0n) is 21.7. The van der Waals surface area contributed by atoms with E-state index in [0.717, 1.165) is 48.3 Å². The average molecular weight is 510 g/mol. The van der Waals surface area contributed by atoms with Gasteiger partial charge in [0.15, 0.2) is 0 Å². The maximum absolute atomic E-state index is 11.6. The van der Waals surface area contributed by atoms with E-state index in [-0.39, 0.29) is 16.4 Å². The molecule has 0 aromatic heterocycles. The van der Waals surface area contributed by atoms with Crippen molar-refractivity contribution in [2.45, 2.75) is 129 Å². The average Bonchev–Trinajstić information content (AvgIpc) is 3.05. The summed E-state index contributed by atoms with van der Waals surface area (Å²) in [5.74, 6) is 5.21. The predicted molar refractivity (Wildman–Crippen MR) is 137 cm³/mol. The number of esters is 1. The SMILES string of the molecule is CC(=O)OC1CC[C@]2(C)C3CC[C@@]4(C)C(CCC4[C@H](C)CCCC(C)C)[C@@H]3CC[C@@]2(Br)C1. The summed E-state index contributed by atoms with van der Waals surface area (Å²) in [4.78, 5) is 11.6. The lowest BCUT2D eigenvalue weighted by Crippen LogP contribution is -2.60. The van der Waals surface area contributed by atoms with Crippen LogP contribution in [0.1, 0.15) is 119 Å². The predicted octanol–water partition coefficient (Wildman–Crippen LogP) is 8.56. The van der Waals surface area contributed by atoms with Crippen LogP contribution in [0.4, 0.5) is 0 Å². The van der Waals surface area contributed by atoms with Crippen molar-refractivity contribution in [1.82, 2.24) is 0 Å². The minimum absolute atomic E-state index is 0.105. The van der Waals surface area contributed by atoms with E-state index < -0.39 is 0 Å². The first-order valence-electron chi connectivity index (χ1n) is 13.9. The molecule has 0 amide bonds. The van der Waals surface area contributed by atoms with Gasteiger partial charge in [0.2, 0.25) is 0 Å². The van der Waals surface area contributed by atoms with Crippen LogP contribution in [0.15, 0.2) is 0 Å². The zero-order chi connectivity index (χ0) is 23.3. The van der Waals surface area contributed by atoms with Crippen molar-refractivity contribution >= 4 is 21.9 Å². The van der Waals surface area contributed by atoms with Gasteiger partial charge in [0.05, 0.1) is 0 Å². The molecule has 4 rings (SSSR count). The largest absolute Gasteiger partial charge is 0.463 e. The molecule has 4 aliphatic rings. The molecule has 0 saturated heterocycles. The number of hydrogen-bond donors (Lipinski definition) is 0. The van der Waals surface area contributed by atoms with Gasteiger partial charge in [-0.3, -0.25) is 4.79 Å². The van der Waals surface area contributed by atoms with Crippen molar-refractivity contribution < 1.29 is 9.53 Å². The maximum atomic E-state index is 11.6. The second kappa shape index (κ2) is 9.19. The zero-order valence-corrected chi connectivity index (χ0v) is 23.3. The Morgan fingerprint density at radius 3 is 2.41 bits per heavy atom. The highest BCUT2D eigenvalue weighted by Gasteiger charge is 2.64. The van der Waals surface area contributed by atoms with Gasteiger partial charge in [0.25, 0.3) is 0 Å². The van der Waals surface area contributed by atoms with Crippen LogP contribution < -0.4 is 0 Å². The van der Waals surface area contributed by atoms with E-state index in [4.69, 9.17) is 4.74 Å². The first-order chi connectivity index (χ1) is 15.0. The Kier molecular flexibility index (Phi) is 7.20. The number of rotatable bonds is 6. The molecule has 4 saturated carbocycles. The third-order valence-electron chi connectivity index (χ3n) is 11.2. The molecule has 0 heterocycles. The summed E-state index contributed by atoms with van der Waals surface area (Å²) in [6.45, 7) is 14.2. The topological polar surface area (TPSA) is 26.3 Å². The van der Waals surface area contributed by atoms with Gasteiger partial charge in [-0.15, -0.1) is 0 Å². The quantitative estimate of drug-likeness (QED) is 0.265. The highest BCUT2D eigenvalue weighted by Crippen LogP contribution is 2.70. The lowest BCUT2D eigenvalue weighted by atomic mass is 9.44. The second-order valence-electron chi connectivity index (χ2n) is 13.3. The van der Waals surface area contributed by atoms with Crippen molar-refractivity contribution in [2.24, 2.45) is 46.3 Å². The molecule has 184 valence electrons. The number of halogens is 1. The second-order valence-corrected chi connectivity index (χ2v) is 14.8. The van der Waals surface area contributed by atoms with E-state index >= 15 is 0 Å². The summed E-state index contributed by atoms with van der Waals surface area (Å²) >= 11 is 4.29. The molecular weight excluding hydrogens is 460 g/mol. The maximum Gasteiger partial charge on any atom is 0.302 e. The van der Waals surface area contributed by atoms with E-state index in [2.05, 4.69) is 50.5 Å². The van der Waals surface area contributed by atoms with Crippen LogP contribution in [-0.2, 0) is 9.53 Å². The molecule has 0 aromatic carbocycles. The van der Waals surface area contributed by atoms with Gasteiger partial charge in [-0.25, -0.2) is 0 Å². The molecule has 0 aromatic rings. The Labute approximate surface area is 206 Å². The minimum Gasteiger partial charge on any atom is -0.463 e. The van der Waals surface area contributed by atoms with Gasteiger partial charge in [0, 0.05) is 17.7 Å². The van der Waals surface area contributed by atoms with Crippen LogP contribution in [0, 0.1) is 46.3 Å². The number of carbonyl (C=O) groups excluding carboxylic acids is 1. The highest BCUT2D eigenvalue weighted by atomic mass is 79.9. The summed E-state index contributed by atoms with van der Waals surface area (Å²) in [5, 5.41) is 0. The van der Waals surface area contributed by atoms with Gasteiger partial charge >= 0.3 is 5.97 Å². The number of carbonyl (C=O) groups is 1. The van der Waals surface area contributed by atoms with Gasteiger partial charge in [-0.05, 0) is 97.7 Å². The summed E-state index contributed by atoms with van der Waals surface area (Å²) < 4.78 is 5.84. The summed E-state index contributed by atoms with van der Waals surface area (Å²) in [6.07, 6.45) is 16.0. The molecular formula is C29H49BrO2. The Bertz CT molecular complexity index is 691. The van der Waals surface area contributed by atoms with Crippen LogP contribution in [-0.4, -0.2) is 16.4 Å². The minimum atomic E-state index is -0.115. The smallest absolute Gasteiger partial charge is 0.302 e. The monoisotopic (exact) mass is 508 g/mol. The Morgan fingerprint density at radius 2 is 1.72 bits per heavy atom. The fraction of sp³-hybridized carbons (Fsp3) is 0.966. The number of hydrogen-bond acceptors (Lipinski definition) is 2. The molecule has 0 bridgehead atoms. The summed E-state index contributed by atoms with van der Waals surface area (Å²) in [5.41, 5.74) is 0.908. The van der Waals surface area contributed by atoms with Crippen molar-refractivity contribution in [3.8, 4) is 0 Å². The van der Waals surface area contributed by atoms with E-state index in [0.29, 0.717) is 10.8 Å². The van der Waals surface area contributed by atoms with Crippen molar-refractivity contribution in [2.75, 3.05) is 0 Å². The first kappa shape index (κ1) is 25.1. The molecule has 4 fully saturated rings. The Balaban J connectivity index is 1.47. The third kappa shape index (κ3) is 4.24. The van der Waals surface area contributed by atoms with Crippen LogP contribution in [0.25, 0.3) is 0 Å². The van der Waals surface area contributed by atoms with E-state index in [1.165, 1.54) is 64.2 Å². The van der Waals surface area contributed by atoms with Gasteiger partial charge < -0.3 is 4.74 Å². The van der Waals surface area contributed by atoms with Crippen LogP contribution >= 0.6 is 15.9 Å². The van der Waals surface area contributed by atoms with Gasteiger partial charge in [0.1, 0.15) is 6.10 Å². The summed E-state index contributed by atoms with van der Waals surface area (Å²) in [6, 6.07) is 0. The van der Waals surface area contributed by atoms with Crippen LogP contribution in [0.2, 0.25) is 0 Å². The fourth-order valence-corrected chi connectivity index (χ4v) is 10.6. The van der Waals surface area contributed by atoms with E-state index in [1.807, 2.05) is 0 Å². The van der Waals surface area contributed by atoms with Crippen molar-refractivity contribution in [3.63, 3.8) is 0 Å². The van der Waals surface area contributed by atoms with Crippen molar-refractivity contribution in [1.29, 1.82) is 0 Å². The fourth-order valence-electron chi connectivity index (χ4n) is 9.52. The molecule has 0 aliphatic heterocycles. The molecule has 2 nitrogen and oxygen atoms in total. The molecule has 9 atom stereocenters. The lowest BCUT2D eigenvalue weighted by molar-refractivity contribution is -0.156. The van der Waals surface area contributed by atoms with E-state index in [1.54, 1.807) is 6.92 Å². The highest BCUT2D eigenvalue weighted by molar-refractivity contribution is 9.10. The van der Waals surface area contributed by atoms with E-state index in [9.17, 15) is 4.79 Å². The molecule has 0 radical (unpaired) electrons. The van der Waals surface area contributed by atoms with Gasteiger partial charge in [-0.1, -0.05) is 69.8 Å². The summed E-state index contributed by atoms with van der Waals surface area (Å²) in [7, 11) is 0. The number of alkyl halides is 1. The normalized spacial score (nSPS) is 46.8. The van der Waals surface area contributed by atoms with Crippen molar-refractivity contribution in [3.05, 3.63) is 0 Å². The Hall–Kier alpha value is -0.0500. The van der Waals surface area contributed by atoms with Gasteiger partial charge in [-0.2, -0.15) is 0 Å². The Morgan fingerprint density at radius 1 is 0.969 bits per heavy atom. The molecule has 0 N–H and O–H groups in total. The molecule has 3 heteroatoms. The molecule has 32 heavy (non-hydrogen) atoms. The van der Waals surface area contributed by atoms with Crippen LogP contribution in [0.5, 0.6) is 0 Å². The molecule has 4 unspecified atom stereocenters. The first-order valence-corrected chi connectivity index (χ1v) is 14.7. The van der Waals surface area contributed by atoms with Crippen LogP contribution in [0.3, 0.4) is 0 Å². The third-order valence-corrected chi connectivity index (χ3v) is 12.8. The molecule has 4 aliphatic carbocycles.